The minimum Gasteiger partial charge on any atom is -0.497 e. The van der Waals surface area contributed by atoms with Crippen molar-refractivity contribution in [2.24, 2.45) is 0 Å². The molecule has 3 aromatic carbocycles. The largest absolute Gasteiger partial charge is 0.497 e. The third-order valence-electron chi connectivity index (χ3n) is 6.07. The zero-order valence-electron chi connectivity index (χ0n) is 20.0. The molecule has 7 nitrogen and oxygen atoms in total. The van der Waals surface area contributed by atoms with Crippen molar-refractivity contribution in [3.8, 4) is 11.5 Å². The maximum Gasteiger partial charge on any atom is 0.274 e. The number of methoxy groups -OCH3 is 1. The van der Waals surface area contributed by atoms with Gasteiger partial charge in [0.15, 0.2) is 11.5 Å². The molecular weight excluding hydrogens is 476 g/mol. The van der Waals surface area contributed by atoms with Crippen LogP contribution in [0.2, 0.25) is 5.02 Å². The van der Waals surface area contributed by atoms with Crippen LogP contribution >= 0.6 is 11.6 Å². The lowest BCUT2D eigenvalue weighted by Gasteiger charge is -2.22. The van der Waals surface area contributed by atoms with E-state index in [1.165, 1.54) is 0 Å². The highest BCUT2D eigenvalue weighted by Gasteiger charge is 2.30. The van der Waals surface area contributed by atoms with E-state index in [1.807, 2.05) is 88.3 Å². The van der Waals surface area contributed by atoms with Gasteiger partial charge in [0, 0.05) is 37.3 Å². The summed E-state index contributed by atoms with van der Waals surface area (Å²) in [5.41, 5.74) is 2.58. The van der Waals surface area contributed by atoms with E-state index in [2.05, 4.69) is 5.32 Å². The average Bonchev–Trinajstić information content (AvgIpc) is 3.15. The van der Waals surface area contributed by atoms with Gasteiger partial charge in [0.2, 0.25) is 0 Å². The number of anilines is 1. The van der Waals surface area contributed by atoms with Crippen LogP contribution in [-0.4, -0.2) is 40.6 Å². The summed E-state index contributed by atoms with van der Waals surface area (Å²) < 4.78 is 13.3. The number of hydrogen-bond donors (Lipinski definition) is 1. The summed E-state index contributed by atoms with van der Waals surface area (Å²) >= 11 is 6.18. The van der Waals surface area contributed by atoms with Crippen LogP contribution in [0.25, 0.3) is 0 Å². The van der Waals surface area contributed by atoms with Crippen LogP contribution < -0.4 is 14.8 Å². The molecule has 0 atom stereocenters. The fourth-order valence-corrected chi connectivity index (χ4v) is 4.50. The summed E-state index contributed by atoms with van der Waals surface area (Å²) in [6.07, 6.45) is 0. The van der Waals surface area contributed by atoms with Gasteiger partial charge in [-0.1, -0.05) is 60.1 Å². The number of hydrogen-bond acceptors (Lipinski definition) is 5. The summed E-state index contributed by atoms with van der Waals surface area (Å²) in [6, 6.07) is 25.1. The molecule has 1 N–H and O–H groups in total. The van der Waals surface area contributed by atoms with E-state index in [9.17, 15) is 4.79 Å². The Morgan fingerprint density at radius 2 is 1.72 bits per heavy atom. The second kappa shape index (κ2) is 10.7. The van der Waals surface area contributed by atoms with Crippen molar-refractivity contribution >= 4 is 23.3 Å². The Hall–Kier alpha value is -3.97. The highest BCUT2D eigenvalue weighted by Crippen LogP contribution is 2.26. The van der Waals surface area contributed by atoms with Crippen LogP contribution in [-0.2, 0) is 19.7 Å². The first kappa shape index (κ1) is 23.8. The molecule has 0 aliphatic carbocycles. The SMILES string of the molecule is COc1cccc(OCc2nc3c(n2Cc2ccccc2)C(=O)N(Cc2cccc(Cl)c2)CCN3)c1. The van der Waals surface area contributed by atoms with Gasteiger partial charge in [-0.2, -0.15) is 0 Å². The smallest absolute Gasteiger partial charge is 0.274 e. The second-order valence-electron chi connectivity index (χ2n) is 8.55. The fourth-order valence-electron chi connectivity index (χ4n) is 4.29. The Kier molecular flexibility index (Phi) is 7.09. The molecule has 1 aliphatic heterocycles. The molecule has 0 unspecified atom stereocenters. The zero-order valence-corrected chi connectivity index (χ0v) is 20.7. The molecule has 0 saturated heterocycles. The third kappa shape index (κ3) is 5.31. The van der Waals surface area contributed by atoms with E-state index in [1.54, 1.807) is 7.11 Å². The van der Waals surface area contributed by atoms with Gasteiger partial charge in [0.25, 0.3) is 5.91 Å². The van der Waals surface area contributed by atoms with Crippen molar-refractivity contribution in [2.45, 2.75) is 19.7 Å². The minimum atomic E-state index is -0.0777. The van der Waals surface area contributed by atoms with Gasteiger partial charge in [0.1, 0.15) is 23.9 Å². The molecule has 8 heteroatoms. The Morgan fingerprint density at radius 1 is 0.944 bits per heavy atom. The zero-order chi connectivity index (χ0) is 24.9. The van der Waals surface area contributed by atoms with Gasteiger partial charge in [0.05, 0.1) is 7.11 Å². The number of halogens is 1. The summed E-state index contributed by atoms with van der Waals surface area (Å²) in [5, 5.41) is 4.00. The van der Waals surface area contributed by atoms with Crippen LogP contribution in [0, 0.1) is 0 Å². The average molecular weight is 503 g/mol. The van der Waals surface area contributed by atoms with Crippen molar-refractivity contribution in [1.82, 2.24) is 14.5 Å². The maximum atomic E-state index is 13.8. The quantitative estimate of drug-likeness (QED) is 0.357. The number of fused-ring (bicyclic) bond motifs is 1. The number of nitrogens with zero attached hydrogens (tertiary/aromatic N) is 3. The predicted molar refractivity (Wildman–Crippen MR) is 140 cm³/mol. The van der Waals surface area contributed by atoms with Gasteiger partial charge >= 0.3 is 0 Å². The Labute approximate surface area is 215 Å². The topological polar surface area (TPSA) is 68.6 Å². The second-order valence-corrected chi connectivity index (χ2v) is 8.98. The number of imidazole rings is 1. The highest BCUT2D eigenvalue weighted by atomic mass is 35.5. The molecule has 0 spiro atoms. The van der Waals surface area contributed by atoms with Gasteiger partial charge in [-0.25, -0.2) is 4.98 Å². The molecule has 5 rings (SSSR count). The molecule has 1 amide bonds. The van der Waals surface area contributed by atoms with E-state index in [-0.39, 0.29) is 12.5 Å². The van der Waals surface area contributed by atoms with Gasteiger partial charge in [-0.15, -0.1) is 0 Å². The van der Waals surface area contributed by atoms with Crippen molar-refractivity contribution in [3.05, 3.63) is 107 Å². The van der Waals surface area contributed by atoms with E-state index in [0.29, 0.717) is 60.0 Å². The van der Waals surface area contributed by atoms with Crippen LogP contribution in [0.5, 0.6) is 11.5 Å². The van der Waals surface area contributed by atoms with Crippen molar-refractivity contribution < 1.29 is 14.3 Å². The maximum absolute atomic E-state index is 13.8. The monoisotopic (exact) mass is 502 g/mol. The molecule has 1 aliphatic rings. The van der Waals surface area contributed by atoms with Crippen molar-refractivity contribution in [3.63, 3.8) is 0 Å². The fraction of sp³-hybridized carbons (Fsp3) is 0.214. The lowest BCUT2D eigenvalue weighted by Crippen LogP contribution is -2.33. The minimum absolute atomic E-state index is 0.0777. The molecule has 0 saturated carbocycles. The number of carbonyl (C=O) groups is 1. The molecule has 1 aromatic heterocycles. The number of benzene rings is 3. The van der Waals surface area contributed by atoms with Crippen LogP contribution in [0.3, 0.4) is 0 Å². The standard InChI is InChI=1S/C28H27ClN4O3/c1-35-23-11-6-12-24(16-23)36-19-25-31-27-26(33(25)18-20-7-3-2-4-8-20)28(34)32(14-13-30-27)17-21-9-5-10-22(29)15-21/h2-12,15-16,30H,13-14,17-19H2,1H3. The van der Waals surface area contributed by atoms with E-state index < -0.39 is 0 Å². The normalized spacial score (nSPS) is 13.1. The number of carbonyl (C=O) groups excluding carboxylic acids is 1. The molecule has 36 heavy (non-hydrogen) atoms. The molecule has 184 valence electrons. The molecule has 0 radical (unpaired) electrons. The number of rotatable bonds is 8. The van der Waals surface area contributed by atoms with Crippen molar-refractivity contribution in [1.29, 1.82) is 0 Å². The Balaban J connectivity index is 1.47. The number of ether oxygens (including phenoxy) is 2. The van der Waals surface area contributed by atoms with E-state index >= 15 is 0 Å². The summed E-state index contributed by atoms with van der Waals surface area (Å²) in [5.74, 6) is 2.54. The first-order chi connectivity index (χ1) is 17.6. The van der Waals surface area contributed by atoms with Crippen LogP contribution in [0.15, 0.2) is 78.9 Å². The predicted octanol–water partition coefficient (Wildman–Crippen LogP) is 5.24. The first-order valence-electron chi connectivity index (χ1n) is 11.8. The van der Waals surface area contributed by atoms with Crippen LogP contribution in [0.1, 0.15) is 27.4 Å². The molecular formula is C28H27ClN4O3. The van der Waals surface area contributed by atoms with Gasteiger partial charge < -0.3 is 24.3 Å². The summed E-state index contributed by atoms with van der Waals surface area (Å²) in [4.78, 5) is 20.5. The highest BCUT2D eigenvalue weighted by molar-refractivity contribution is 6.30. The lowest BCUT2D eigenvalue weighted by atomic mass is 10.2. The summed E-state index contributed by atoms with van der Waals surface area (Å²) in [7, 11) is 1.62. The van der Waals surface area contributed by atoms with Gasteiger partial charge in [-0.3, -0.25) is 4.79 Å². The van der Waals surface area contributed by atoms with Gasteiger partial charge in [-0.05, 0) is 35.4 Å². The summed E-state index contributed by atoms with van der Waals surface area (Å²) in [6.45, 7) is 2.32. The number of aromatic nitrogens is 2. The molecule has 4 aromatic rings. The number of amides is 1. The molecule has 2 heterocycles. The Bertz CT molecular complexity index is 1360. The lowest BCUT2D eigenvalue weighted by molar-refractivity contribution is 0.0744. The van der Waals surface area contributed by atoms with E-state index in [0.717, 1.165) is 11.1 Å². The van der Waals surface area contributed by atoms with E-state index in [4.69, 9.17) is 26.1 Å². The molecule has 0 bridgehead atoms. The van der Waals surface area contributed by atoms with Crippen LogP contribution in [0.4, 0.5) is 5.82 Å². The molecule has 0 fully saturated rings. The Morgan fingerprint density at radius 3 is 2.53 bits per heavy atom. The van der Waals surface area contributed by atoms with Crippen molar-refractivity contribution in [2.75, 3.05) is 25.5 Å². The third-order valence-corrected chi connectivity index (χ3v) is 6.30. The number of nitrogens with one attached hydrogen (secondary N) is 1. The first-order valence-corrected chi connectivity index (χ1v) is 12.2.